The van der Waals surface area contributed by atoms with E-state index in [-0.39, 0.29) is 0 Å². The van der Waals surface area contributed by atoms with Crippen LogP contribution >= 0.6 is 11.3 Å². The van der Waals surface area contributed by atoms with Crippen LogP contribution in [-0.2, 0) is 0 Å². The Morgan fingerprint density at radius 3 is 1.73 bits per heavy atom. The second-order valence-electron chi connectivity index (χ2n) is 15.3. The largest absolute Gasteiger partial charge is 0.309 e. The highest BCUT2D eigenvalue weighted by Gasteiger charge is 2.23. The first-order valence-electron chi connectivity index (χ1n) is 20.2. The SMILES string of the molecule is c1ccc(-c2ccc(-c3cc4ccccc4c4ccccc34)cc2N(c2ccc(-n3c4ccccc4c4ccccc43)cc2)c2cccc3c2sc2ccccc23)cc1. The van der Waals surface area contributed by atoms with Crippen molar-refractivity contribution in [1.82, 2.24) is 4.57 Å². The lowest BCUT2D eigenvalue weighted by atomic mass is 9.91. The van der Waals surface area contributed by atoms with Crippen LogP contribution in [0.1, 0.15) is 0 Å². The van der Waals surface area contributed by atoms with Crippen LogP contribution in [0.3, 0.4) is 0 Å². The van der Waals surface area contributed by atoms with Crippen molar-refractivity contribution in [2.45, 2.75) is 0 Å². The lowest BCUT2D eigenvalue weighted by Crippen LogP contribution is -2.12. The van der Waals surface area contributed by atoms with E-state index >= 15 is 0 Å². The normalized spacial score (nSPS) is 11.7. The molecule has 12 aromatic rings. The van der Waals surface area contributed by atoms with Gasteiger partial charge in [0, 0.05) is 43.2 Å². The van der Waals surface area contributed by atoms with E-state index in [9.17, 15) is 0 Å². The third-order valence-electron chi connectivity index (χ3n) is 12.0. The molecule has 276 valence electrons. The number of thiophene rings is 1. The molecule has 0 saturated carbocycles. The number of rotatable bonds is 6. The Balaban J connectivity index is 1.13. The molecule has 0 spiro atoms. The third kappa shape index (κ3) is 5.40. The highest BCUT2D eigenvalue weighted by molar-refractivity contribution is 7.26. The molecule has 0 N–H and O–H groups in total. The summed E-state index contributed by atoms with van der Waals surface area (Å²) in [7, 11) is 0. The first-order chi connectivity index (χ1) is 29.3. The number of hydrogen-bond acceptors (Lipinski definition) is 2. The molecule has 2 aromatic heterocycles. The molecule has 0 unspecified atom stereocenters. The van der Waals surface area contributed by atoms with E-state index in [0.717, 1.165) is 22.7 Å². The molecular weight excluding hydrogens is 733 g/mol. The number of anilines is 3. The van der Waals surface area contributed by atoms with Gasteiger partial charge in [0.2, 0.25) is 0 Å². The minimum Gasteiger partial charge on any atom is -0.309 e. The number of nitrogens with zero attached hydrogens (tertiary/aromatic N) is 2. The lowest BCUT2D eigenvalue weighted by Gasteiger charge is -2.29. The van der Waals surface area contributed by atoms with Gasteiger partial charge in [-0.3, -0.25) is 0 Å². The van der Waals surface area contributed by atoms with Crippen LogP contribution in [0.15, 0.2) is 218 Å². The fourth-order valence-electron chi connectivity index (χ4n) is 9.31. The maximum absolute atomic E-state index is 2.50. The summed E-state index contributed by atoms with van der Waals surface area (Å²) in [5.41, 5.74) is 11.7. The molecule has 2 heterocycles. The van der Waals surface area contributed by atoms with Crippen LogP contribution in [-0.4, -0.2) is 4.57 Å². The summed E-state index contributed by atoms with van der Waals surface area (Å²) < 4.78 is 4.95. The average Bonchev–Trinajstić information content (AvgIpc) is 3.86. The van der Waals surface area contributed by atoms with E-state index < -0.39 is 0 Å². The topological polar surface area (TPSA) is 8.17 Å². The molecule has 3 heteroatoms. The highest BCUT2D eigenvalue weighted by Crippen LogP contribution is 2.49. The van der Waals surface area contributed by atoms with Gasteiger partial charge in [0.05, 0.1) is 27.1 Å². The van der Waals surface area contributed by atoms with Gasteiger partial charge >= 0.3 is 0 Å². The molecule has 0 aliphatic heterocycles. The van der Waals surface area contributed by atoms with Crippen LogP contribution in [0.2, 0.25) is 0 Å². The second kappa shape index (κ2) is 13.6. The van der Waals surface area contributed by atoms with Gasteiger partial charge in [0.1, 0.15) is 0 Å². The quantitative estimate of drug-likeness (QED) is 0.153. The fraction of sp³-hybridized carbons (Fsp3) is 0. The molecule has 0 aliphatic rings. The molecule has 12 rings (SSSR count). The number of para-hydroxylation sites is 2. The van der Waals surface area contributed by atoms with Gasteiger partial charge < -0.3 is 9.47 Å². The zero-order chi connectivity index (χ0) is 38.9. The zero-order valence-electron chi connectivity index (χ0n) is 32.1. The summed E-state index contributed by atoms with van der Waals surface area (Å²) in [4.78, 5) is 2.50. The molecule has 59 heavy (non-hydrogen) atoms. The first-order valence-corrected chi connectivity index (χ1v) is 21.0. The van der Waals surface area contributed by atoms with Gasteiger partial charge in [-0.15, -0.1) is 11.3 Å². The van der Waals surface area contributed by atoms with Crippen molar-refractivity contribution >= 4 is 91.9 Å². The van der Waals surface area contributed by atoms with E-state index in [0.29, 0.717) is 0 Å². The van der Waals surface area contributed by atoms with Crippen molar-refractivity contribution in [3.63, 3.8) is 0 Å². The summed E-state index contributed by atoms with van der Waals surface area (Å²) in [5, 5.41) is 10.1. The summed E-state index contributed by atoms with van der Waals surface area (Å²) >= 11 is 1.87. The molecule has 0 bridgehead atoms. The first kappa shape index (κ1) is 33.7. The molecule has 0 fully saturated rings. The zero-order valence-corrected chi connectivity index (χ0v) is 32.9. The fourth-order valence-corrected chi connectivity index (χ4v) is 10.5. The van der Waals surface area contributed by atoms with E-state index in [4.69, 9.17) is 0 Å². The molecule has 10 aromatic carbocycles. The van der Waals surface area contributed by atoms with Crippen LogP contribution < -0.4 is 4.90 Å². The molecule has 0 saturated heterocycles. The third-order valence-corrected chi connectivity index (χ3v) is 13.2. The standard InChI is InChI=1S/C56H36N2S/c1-2-15-37(16-3-1)43-34-29-39(50-35-38-17-4-5-18-42(38)44-19-6-7-20-45(44)50)36-54(43)58(53-27-14-24-49-48-23-10-13-28-55(48)59-56(49)53)41-32-30-40(31-33-41)57-51-25-11-8-21-46(51)47-22-9-12-26-52(47)57/h1-36H. The Bertz CT molecular complexity index is 3500. The summed E-state index contributed by atoms with van der Waals surface area (Å²) in [6, 6.07) is 80.1. The predicted molar refractivity (Wildman–Crippen MR) is 254 cm³/mol. The van der Waals surface area contributed by atoms with Crippen molar-refractivity contribution in [1.29, 1.82) is 0 Å². The minimum absolute atomic E-state index is 1.09. The van der Waals surface area contributed by atoms with E-state index in [1.165, 1.54) is 85.8 Å². The monoisotopic (exact) mass is 768 g/mol. The Labute approximate surface area is 346 Å². The van der Waals surface area contributed by atoms with Crippen molar-refractivity contribution in [2.24, 2.45) is 0 Å². The molecule has 0 atom stereocenters. The van der Waals surface area contributed by atoms with Gasteiger partial charge in [0.15, 0.2) is 0 Å². The number of hydrogen-bond donors (Lipinski definition) is 0. The molecule has 0 aliphatic carbocycles. The van der Waals surface area contributed by atoms with Crippen LogP contribution in [0.25, 0.3) is 91.5 Å². The molecular formula is C56H36N2S. The predicted octanol–water partition coefficient (Wildman–Crippen LogP) is 16.3. The van der Waals surface area contributed by atoms with Crippen LogP contribution in [0, 0.1) is 0 Å². The molecule has 2 nitrogen and oxygen atoms in total. The van der Waals surface area contributed by atoms with Crippen molar-refractivity contribution in [3.8, 4) is 27.9 Å². The molecule has 0 radical (unpaired) electrons. The Kier molecular flexibility index (Phi) is 7.75. The van der Waals surface area contributed by atoms with Crippen LogP contribution in [0.5, 0.6) is 0 Å². The molecule has 0 amide bonds. The summed E-state index contributed by atoms with van der Waals surface area (Å²) in [5.74, 6) is 0. The van der Waals surface area contributed by atoms with Gasteiger partial charge in [-0.2, -0.15) is 0 Å². The Morgan fingerprint density at radius 1 is 0.356 bits per heavy atom. The second-order valence-corrected chi connectivity index (χ2v) is 16.3. The number of fused-ring (bicyclic) bond motifs is 9. The lowest BCUT2D eigenvalue weighted by molar-refractivity contribution is 1.17. The van der Waals surface area contributed by atoms with Crippen molar-refractivity contribution in [2.75, 3.05) is 4.90 Å². The van der Waals surface area contributed by atoms with Gasteiger partial charge in [0.25, 0.3) is 0 Å². The minimum atomic E-state index is 1.09. The van der Waals surface area contributed by atoms with Crippen LogP contribution in [0.4, 0.5) is 17.1 Å². The van der Waals surface area contributed by atoms with Gasteiger partial charge in [-0.05, 0) is 98.9 Å². The van der Waals surface area contributed by atoms with Gasteiger partial charge in [-0.25, -0.2) is 0 Å². The van der Waals surface area contributed by atoms with E-state index in [1.807, 2.05) is 11.3 Å². The number of aromatic nitrogens is 1. The summed E-state index contributed by atoms with van der Waals surface area (Å²) in [6.07, 6.45) is 0. The highest BCUT2D eigenvalue weighted by atomic mass is 32.1. The summed E-state index contributed by atoms with van der Waals surface area (Å²) in [6.45, 7) is 0. The number of benzene rings is 10. The van der Waals surface area contributed by atoms with Crippen molar-refractivity contribution in [3.05, 3.63) is 218 Å². The van der Waals surface area contributed by atoms with Gasteiger partial charge in [-0.1, -0.05) is 158 Å². The van der Waals surface area contributed by atoms with E-state index in [2.05, 4.69) is 228 Å². The Hall–Kier alpha value is -7.46. The average molecular weight is 769 g/mol. The van der Waals surface area contributed by atoms with E-state index in [1.54, 1.807) is 0 Å². The Morgan fingerprint density at radius 2 is 0.966 bits per heavy atom. The van der Waals surface area contributed by atoms with Crippen molar-refractivity contribution < 1.29 is 0 Å². The maximum Gasteiger partial charge on any atom is 0.0640 e. The smallest absolute Gasteiger partial charge is 0.0640 e. The maximum atomic E-state index is 2.50.